The molecule has 0 aliphatic rings. The van der Waals surface area contributed by atoms with Crippen molar-refractivity contribution in [1.82, 2.24) is 15.2 Å². The van der Waals surface area contributed by atoms with Crippen molar-refractivity contribution in [3.05, 3.63) is 84.1 Å². The summed E-state index contributed by atoms with van der Waals surface area (Å²) in [4.78, 5) is 24.0. The molecule has 2 aromatic heterocycles. The molecule has 3 rings (SSSR count). The summed E-state index contributed by atoms with van der Waals surface area (Å²) in [6, 6.07) is 16.8. The molecule has 2 amide bonds. The lowest BCUT2D eigenvalue weighted by atomic mass is 10.2. The average Bonchev–Trinajstić information content (AvgIpc) is 3.31. The van der Waals surface area contributed by atoms with Crippen LogP contribution < -0.4 is 10.6 Å². The third kappa shape index (κ3) is 4.38. The third-order valence-electron chi connectivity index (χ3n) is 3.70. The largest absolute Gasteiger partial charge is 0.459 e. The predicted octanol–water partition coefficient (Wildman–Crippen LogP) is 2.29. The summed E-state index contributed by atoms with van der Waals surface area (Å²) in [5.74, 6) is -0.219. The van der Waals surface area contributed by atoms with Crippen molar-refractivity contribution in [2.75, 3.05) is 13.1 Å². The molecule has 0 bridgehead atoms. The number of rotatable bonds is 7. The summed E-state index contributed by atoms with van der Waals surface area (Å²) in [7, 11) is 0. The average molecular weight is 337 g/mol. The highest BCUT2D eigenvalue weighted by Crippen LogP contribution is 2.07. The van der Waals surface area contributed by atoms with Gasteiger partial charge < -0.3 is 19.6 Å². The van der Waals surface area contributed by atoms with Gasteiger partial charge in [0.15, 0.2) is 5.76 Å². The van der Waals surface area contributed by atoms with Gasteiger partial charge in [0.1, 0.15) is 5.69 Å². The summed E-state index contributed by atoms with van der Waals surface area (Å²) in [6.45, 7) is 1.29. The van der Waals surface area contributed by atoms with E-state index in [2.05, 4.69) is 10.6 Å². The first-order valence-electron chi connectivity index (χ1n) is 8.03. The number of carbonyl (C=O) groups is 2. The lowest BCUT2D eigenvalue weighted by molar-refractivity contribution is 0.0908. The van der Waals surface area contributed by atoms with Gasteiger partial charge in [0, 0.05) is 25.8 Å². The van der Waals surface area contributed by atoms with Crippen LogP contribution in [-0.4, -0.2) is 29.5 Å². The van der Waals surface area contributed by atoms with Crippen molar-refractivity contribution in [3.8, 4) is 0 Å². The number of nitrogens with zero attached hydrogens (tertiary/aromatic N) is 1. The first-order valence-corrected chi connectivity index (χ1v) is 8.03. The summed E-state index contributed by atoms with van der Waals surface area (Å²) >= 11 is 0. The van der Waals surface area contributed by atoms with E-state index >= 15 is 0 Å². The molecule has 1 aromatic carbocycles. The fraction of sp³-hybridized carbons (Fsp3) is 0.158. The smallest absolute Gasteiger partial charge is 0.287 e. The van der Waals surface area contributed by atoms with E-state index in [1.807, 2.05) is 47.2 Å². The number of hydrogen-bond donors (Lipinski definition) is 2. The normalized spacial score (nSPS) is 10.4. The van der Waals surface area contributed by atoms with Crippen LogP contribution in [0, 0.1) is 0 Å². The maximum atomic E-state index is 12.3. The highest BCUT2D eigenvalue weighted by molar-refractivity contribution is 5.93. The van der Waals surface area contributed by atoms with E-state index in [0.717, 1.165) is 5.56 Å². The minimum absolute atomic E-state index is 0.173. The number of hydrogen-bond acceptors (Lipinski definition) is 3. The van der Waals surface area contributed by atoms with Crippen LogP contribution >= 0.6 is 0 Å². The van der Waals surface area contributed by atoms with Crippen LogP contribution in [0.2, 0.25) is 0 Å². The molecule has 0 fully saturated rings. The molecule has 2 N–H and O–H groups in total. The maximum absolute atomic E-state index is 12.3. The van der Waals surface area contributed by atoms with Crippen molar-refractivity contribution in [2.24, 2.45) is 0 Å². The van der Waals surface area contributed by atoms with E-state index in [4.69, 9.17) is 4.42 Å². The van der Waals surface area contributed by atoms with E-state index in [0.29, 0.717) is 25.3 Å². The van der Waals surface area contributed by atoms with Gasteiger partial charge in [-0.25, -0.2) is 0 Å². The maximum Gasteiger partial charge on any atom is 0.287 e. The van der Waals surface area contributed by atoms with Crippen molar-refractivity contribution in [3.63, 3.8) is 0 Å². The number of benzene rings is 1. The monoisotopic (exact) mass is 337 g/mol. The van der Waals surface area contributed by atoms with E-state index in [9.17, 15) is 9.59 Å². The molecule has 0 spiro atoms. The van der Waals surface area contributed by atoms with Gasteiger partial charge in [-0.1, -0.05) is 30.3 Å². The molecule has 128 valence electrons. The van der Waals surface area contributed by atoms with Crippen molar-refractivity contribution >= 4 is 11.8 Å². The van der Waals surface area contributed by atoms with Gasteiger partial charge in [-0.3, -0.25) is 9.59 Å². The van der Waals surface area contributed by atoms with Crippen molar-refractivity contribution in [1.29, 1.82) is 0 Å². The quantitative estimate of drug-likeness (QED) is 0.650. The summed E-state index contributed by atoms with van der Waals surface area (Å²) in [6.07, 6.45) is 3.32. The van der Waals surface area contributed by atoms with Gasteiger partial charge in [0.2, 0.25) is 0 Å². The lowest BCUT2D eigenvalue weighted by Gasteiger charge is -2.10. The number of nitrogens with one attached hydrogen (secondary N) is 2. The molecule has 3 aromatic rings. The minimum atomic E-state index is -0.299. The molecule has 0 saturated carbocycles. The Balaban J connectivity index is 1.49. The fourth-order valence-corrected chi connectivity index (χ4v) is 2.48. The van der Waals surface area contributed by atoms with E-state index in [1.165, 1.54) is 6.26 Å². The topological polar surface area (TPSA) is 76.3 Å². The van der Waals surface area contributed by atoms with Crippen LogP contribution in [-0.2, 0) is 6.54 Å². The number of amides is 2. The van der Waals surface area contributed by atoms with E-state index in [-0.39, 0.29) is 17.6 Å². The zero-order valence-corrected chi connectivity index (χ0v) is 13.6. The molecule has 0 atom stereocenters. The Bertz CT molecular complexity index is 823. The molecular weight excluding hydrogens is 318 g/mol. The Hall–Kier alpha value is -3.28. The molecule has 2 heterocycles. The van der Waals surface area contributed by atoms with Crippen LogP contribution in [0.25, 0.3) is 0 Å². The molecule has 0 radical (unpaired) electrons. The van der Waals surface area contributed by atoms with Gasteiger partial charge in [-0.05, 0) is 29.8 Å². The van der Waals surface area contributed by atoms with Crippen molar-refractivity contribution in [2.45, 2.75) is 6.54 Å². The number of carbonyl (C=O) groups excluding carboxylic acids is 2. The zero-order chi connectivity index (χ0) is 17.5. The Kier molecular flexibility index (Phi) is 5.31. The van der Waals surface area contributed by atoms with Gasteiger partial charge >= 0.3 is 0 Å². The molecule has 6 nitrogen and oxygen atoms in total. The van der Waals surface area contributed by atoms with Crippen LogP contribution in [0.3, 0.4) is 0 Å². The Labute approximate surface area is 145 Å². The molecular formula is C19H19N3O3. The summed E-state index contributed by atoms with van der Waals surface area (Å²) in [5, 5.41) is 5.49. The van der Waals surface area contributed by atoms with E-state index < -0.39 is 0 Å². The van der Waals surface area contributed by atoms with Crippen LogP contribution in [0.1, 0.15) is 26.6 Å². The van der Waals surface area contributed by atoms with Crippen LogP contribution in [0.15, 0.2) is 71.5 Å². The molecule has 0 saturated heterocycles. The molecule has 0 unspecified atom stereocenters. The Morgan fingerprint density at radius 1 is 0.880 bits per heavy atom. The van der Waals surface area contributed by atoms with Gasteiger partial charge in [-0.2, -0.15) is 0 Å². The van der Waals surface area contributed by atoms with Gasteiger partial charge in [-0.15, -0.1) is 0 Å². The number of aromatic nitrogens is 1. The van der Waals surface area contributed by atoms with Crippen molar-refractivity contribution < 1.29 is 14.0 Å². The Morgan fingerprint density at radius 3 is 2.36 bits per heavy atom. The highest BCUT2D eigenvalue weighted by atomic mass is 16.3. The SMILES string of the molecule is O=C(NCCNC(=O)c1cccn1Cc1ccccc1)c1ccco1. The third-order valence-corrected chi connectivity index (χ3v) is 3.70. The number of furan rings is 1. The fourth-order valence-electron chi connectivity index (χ4n) is 2.48. The Morgan fingerprint density at radius 2 is 1.64 bits per heavy atom. The molecule has 25 heavy (non-hydrogen) atoms. The highest BCUT2D eigenvalue weighted by Gasteiger charge is 2.11. The molecule has 6 heteroatoms. The predicted molar refractivity (Wildman–Crippen MR) is 93.4 cm³/mol. The van der Waals surface area contributed by atoms with E-state index in [1.54, 1.807) is 18.2 Å². The van der Waals surface area contributed by atoms with Crippen LogP contribution in [0.5, 0.6) is 0 Å². The standard InChI is InChI=1S/C19H19N3O3/c23-18(20-10-11-21-19(24)17-9-5-13-25-17)16-8-4-12-22(16)14-15-6-2-1-3-7-15/h1-9,12-13H,10-11,14H2,(H,20,23)(H,21,24). The molecule has 0 aliphatic heterocycles. The second-order valence-electron chi connectivity index (χ2n) is 5.50. The second kappa shape index (κ2) is 8.01. The first-order chi connectivity index (χ1) is 12.2. The minimum Gasteiger partial charge on any atom is -0.459 e. The summed E-state index contributed by atoms with van der Waals surface area (Å²) < 4.78 is 6.90. The second-order valence-corrected chi connectivity index (χ2v) is 5.50. The summed E-state index contributed by atoms with van der Waals surface area (Å²) in [5.41, 5.74) is 1.71. The zero-order valence-electron chi connectivity index (χ0n) is 13.6. The van der Waals surface area contributed by atoms with Crippen LogP contribution in [0.4, 0.5) is 0 Å². The molecule has 0 aliphatic carbocycles. The first kappa shape index (κ1) is 16.6. The lowest BCUT2D eigenvalue weighted by Crippen LogP contribution is -2.35. The van der Waals surface area contributed by atoms with Gasteiger partial charge in [0.25, 0.3) is 11.8 Å². The van der Waals surface area contributed by atoms with Gasteiger partial charge in [0.05, 0.1) is 6.26 Å².